The number of aliphatic hydroxyl groups is 1. The number of carbonyl (C=O) groups excluding carboxylic acids is 3. The van der Waals surface area contributed by atoms with Crippen molar-refractivity contribution in [3.63, 3.8) is 0 Å². The van der Waals surface area contributed by atoms with Crippen molar-refractivity contribution in [2.75, 3.05) is 25.6 Å². The molecule has 0 radical (unpaired) electrons. The van der Waals surface area contributed by atoms with Crippen molar-refractivity contribution in [3.05, 3.63) is 163 Å². The summed E-state index contributed by atoms with van der Waals surface area (Å²) in [5.41, 5.74) is 11.7. The van der Waals surface area contributed by atoms with Crippen molar-refractivity contribution in [2.45, 2.75) is 25.6 Å². The molecule has 27 nitrogen and oxygen atoms in total. The van der Waals surface area contributed by atoms with E-state index in [1.54, 1.807) is 6.07 Å². The molecular weight excluding hydrogens is 931 g/mol. The number of aromatic carboxylic acids is 3. The van der Waals surface area contributed by atoms with Crippen LogP contribution in [-0.4, -0.2) is 112 Å². The topological polar surface area (TPSA) is 477 Å². The SMILES string of the molecule is NC(N)=O.Nc1cc(C(=O)O)ccc1C(=O)O.O=C(CO)c1ccc2c(=O)[nH]c(=O)[nH]c2c1.O=C(COC1CCCCO1)c1ccc2c(=O)[nH]c(=O)[nH]c2c1.O=C(O)c1ccc2c(=O)[nH]c(=O)[nH]c2c1. The molecule has 1 saturated heterocycles. The van der Waals surface area contributed by atoms with Crippen molar-refractivity contribution in [2.24, 2.45) is 11.5 Å². The van der Waals surface area contributed by atoms with Crippen LogP contribution >= 0.6 is 0 Å². The number of nitrogens with two attached hydrogens (primary N) is 3. The third kappa shape index (κ3) is 15.0. The van der Waals surface area contributed by atoms with Gasteiger partial charge in [0.05, 0.1) is 49.4 Å². The van der Waals surface area contributed by atoms with Crippen LogP contribution in [0.4, 0.5) is 10.5 Å². The van der Waals surface area contributed by atoms with E-state index in [9.17, 15) is 52.7 Å². The zero-order chi connectivity index (χ0) is 51.8. The molecule has 0 bridgehead atoms. The molecule has 4 heterocycles. The van der Waals surface area contributed by atoms with E-state index in [0.29, 0.717) is 23.1 Å². The van der Waals surface area contributed by atoms with Gasteiger partial charge >= 0.3 is 41.0 Å². The minimum Gasteiger partial charge on any atom is -0.478 e. The van der Waals surface area contributed by atoms with Gasteiger partial charge in [0, 0.05) is 23.4 Å². The van der Waals surface area contributed by atoms with E-state index in [1.165, 1.54) is 60.7 Å². The summed E-state index contributed by atoms with van der Waals surface area (Å²) in [5, 5.41) is 35.4. The number of hydrogen-bond donors (Lipinski definition) is 13. The molecule has 1 aliphatic rings. The molecule has 366 valence electrons. The van der Waals surface area contributed by atoms with Crippen LogP contribution in [0.1, 0.15) is 71.1 Å². The molecule has 70 heavy (non-hydrogen) atoms. The number of carboxylic acids is 3. The highest BCUT2D eigenvalue weighted by molar-refractivity contribution is 6.01. The van der Waals surface area contributed by atoms with E-state index in [1.807, 2.05) is 4.98 Å². The van der Waals surface area contributed by atoms with E-state index in [4.69, 9.17) is 40.4 Å². The Bertz CT molecular complexity index is 3490. The van der Waals surface area contributed by atoms with Gasteiger partial charge in [0.25, 0.3) is 16.7 Å². The fourth-order valence-corrected chi connectivity index (χ4v) is 6.07. The average molecular weight is 972 g/mol. The first-order chi connectivity index (χ1) is 33.1. The number of ketones is 2. The third-order valence-electron chi connectivity index (χ3n) is 9.32. The number of amides is 2. The number of urea groups is 1. The van der Waals surface area contributed by atoms with Crippen LogP contribution in [0.15, 0.2) is 102 Å². The Morgan fingerprint density at radius 3 is 1.34 bits per heavy atom. The Labute approximate surface area is 387 Å². The molecule has 2 amide bonds. The number of primary amides is 2. The maximum Gasteiger partial charge on any atom is 0.337 e. The lowest BCUT2D eigenvalue weighted by molar-refractivity contribution is -0.155. The second-order valence-corrected chi connectivity index (χ2v) is 14.2. The van der Waals surface area contributed by atoms with Gasteiger partial charge in [0.2, 0.25) is 0 Å². The summed E-state index contributed by atoms with van der Waals surface area (Å²) in [6.07, 6.45) is 2.49. The lowest BCUT2D eigenvalue weighted by Gasteiger charge is -2.22. The van der Waals surface area contributed by atoms with Crippen LogP contribution in [0.5, 0.6) is 0 Å². The molecule has 3 aromatic heterocycles. The summed E-state index contributed by atoms with van der Waals surface area (Å²) in [6, 6.07) is 15.3. The van der Waals surface area contributed by atoms with E-state index in [0.717, 1.165) is 25.3 Å². The van der Waals surface area contributed by atoms with Crippen LogP contribution in [0.25, 0.3) is 32.7 Å². The second-order valence-electron chi connectivity index (χ2n) is 14.2. The standard InChI is InChI=1S/C15H16N2O5.C10H8N2O4.C9H6N2O4.C8H7NO4.CH4N2O/c18-12(8-22-13-3-1-2-6-21-13)9-4-5-10-11(7-9)16-15(20)17-14(10)19;13-4-8(14)5-1-2-6-7(3-5)11-10(16)12-9(6)15;12-7-5-2-1-4(8(13)14)3-6(5)10-9(15)11-7;9-6-3-4(7(10)11)1-2-5(6)8(12)13;2-1(3)4/h4-5,7,13H,1-3,6,8H2,(H2,16,17,19,20);1-3,13H,4H2,(H2,11,12,15,16);1-3H,(H,13,14)(H2,10,11,12,15);1-3H,9H2,(H,10,11)(H,12,13);(H4,2,3,4). The van der Waals surface area contributed by atoms with E-state index >= 15 is 0 Å². The number of benzene rings is 4. The van der Waals surface area contributed by atoms with Gasteiger partial charge in [-0.25, -0.2) is 33.6 Å². The molecule has 27 heteroatoms. The van der Waals surface area contributed by atoms with Crippen LogP contribution in [0.2, 0.25) is 0 Å². The Morgan fingerprint density at radius 1 is 0.557 bits per heavy atom. The molecule has 16 N–H and O–H groups in total. The maximum atomic E-state index is 12.1. The first kappa shape index (κ1) is 53.0. The Kier molecular flexibility index (Phi) is 18.4. The van der Waals surface area contributed by atoms with Crippen molar-refractivity contribution >= 4 is 73.9 Å². The molecule has 0 aliphatic carbocycles. The summed E-state index contributed by atoms with van der Waals surface area (Å²) in [5.74, 6) is -4.11. The molecule has 1 atom stereocenters. The van der Waals surface area contributed by atoms with Crippen LogP contribution < -0.4 is 50.9 Å². The first-order valence-electron chi connectivity index (χ1n) is 19.9. The van der Waals surface area contributed by atoms with Gasteiger partial charge in [0.15, 0.2) is 17.9 Å². The van der Waals surface area contributed by atoms with Crippen LogP contribution in [0, 0.1) is 0 Å². The number of nitrogen functional groups attached to an aromatic ring is 1. The zero-order valence-corrected chi connectivity index (χ0v) is 36.0. The Balaban J connectivity index is 0.000000201. The number of aromatic nitrogens is 6. The number of Topliss-reactive ketones (excluding diaryl/α,β-unsaturated/α-hetero) is 2. The van der Waals surface area contributed by atoms with Gasteiger partial charge in [-0.2, -0.15) is 0 Å². The second kappa shape index (κ2) is 24.3. The largest absolute Gasteiger partial charge is 0.478 e. The lowest BCUT2D eigenvalue weighted by atomic mass is 10.1. The molecule has 7 aromatic rings. The summed E-state index contributed by atoms with van der Waals surface area (Å²) in [7, 11) is 0. The minimum atomic E-state index is -1.17. The number of ether oxygens (including phenoxy) is 2. The van der Waals surface area contributed by atoms with Gasteiger partial charge in [0.1, 0.15) is 13.2 Å². The molecule has 1 unspecified atom stereocenters. The number of carbonyl (C=O) groups is 6. The number of H-pyrrole nitrogens is 6. The predicted octanol–water partition coefficient (Wildman–Crippen LogP) is -0.0627. The average Bonchev–Trinajstić information content (AvgIpc) is 3.30. The summed E-state index contributed by atoms with van der Waals surface area (Å²) >= 11 is 0. The van der Waals surface area contributed by atoms with E-state index in [-0.39, 0.29) is 68.4 Å². The lowest BCUT2D eigenvalue weighted by Crippen LogP contribution is -2.25. The quantitative estimate of drug-likeness (QED) is 0.0665. The minimum absolute atomic E-state index is 0.0174. The number of rotatable bonds is 9. The summed E-state index contributed by atoms with van der Waals surface area (Å²) in [4.78, 5) is 145. The molecule has 8 rings (SSSR count). The van der Waals surface area contributed by atoms with Crippen LogP contribution in [-0.2, 0) is 9.47 Å². The highest BCUT2D eigenvalue weighted by atomic mass is 16.7. The number of nitrogens with one attached hydrogen (secondary N) is 6. The molecule has 1 aliphatic heterocycles. The van der Waals surface area contributed by atoms with E-state index < -0.39 is 70.1 Å². The molecule has 1 fully saturated rings. The highest BCUT2D eigenvalue weighted by Crippen LogP contribution is 2.16. The van der Waals surface area contributed by atoms with Gasteiger partial charge in [-0.05, 0) is 79.9 Å². The number of fused-ring (bicyclic) bond motifs is 3. The fourth-order valence-electron chi connectivity index (χ4n) is 6.07. The number of carboxylic acid groups (broad SMARTS) is 3. The van der Waals surface area contributed by atoms with Gasteiger partial charge in [-0.15, -0.1) is 0 Å². The van der Waals surface area contributed by atoms with Gasteiger partial charge < -0.3 is 62.1 Å². The van der Waals surface area contributed by atoms with Gasteiger partial charge in [-0.1, -0.05) is 12.1 Å². The highest BCUT2D eigenvalue weighted by Gasteiger charge is 2.17. The monoisotopic (exact) mass is 971 g/mol. The Hall–Kier alpha value is -9.60. The van der Waals surface area contributed by atoms with Crippen molar-refractivity contribution in [3.8, 4) is 0 Å². The predicted molar refractivity (Wildman–Crippen MR) is 246 cm³/mol. The summed E-state index contributed by atoms with van der Waals surface area (Å²) < 4.78 is 10.8. The number of anilines is 1. The molecule has 0 spiro atoms. The summed E-state index contributed by atoms with van der Waals surface area (Å²) in [6.45, 7) is -0.0542. The Morgan fingerprint density at radius 2 is 0.957 bits per heavy atom. The maximum absolute atomic E-state index is 12.1. The molecular formula is C43H41N9O18. The molecule has 0 saturated carbocycles. The smallest absolute Gasteiger partial charge is 0.337 e. The fraction of sp³-hybridized carbons (Fsp3) is 0.163. The van der Waals surface area contributed by atoms with Crippen molar-refractivity contribution in [1.82, 2.24) is 29.9 Å². The van der Waals surface area contributed by atoms with Crippen molar-refractivity contribution in [1.29, 1.82) is 0 Å². The number of aromatic amines is 6. The normalized spacial score (nSPS) is 12.6. The third-order valence-corrected chi connectivity index (χ3v) is 9.32. The van der Waals surface area contributed by atoms with E-state index in [2.05, 4.69) is 36.4 Å². The van der Waals surface area contributed by atoms with Crippen molar-refractivity contribution < 1.29 is 58.7 Å². The number of aliphatic hydroxyl groups excluding tert-OH is 1. The van der Waals surface area contributed by atoms with Gasteiger partial charge in [-0.3, -0.25) is 38.9 Å². The number of hydrogen-bond acceptors (Lipinski definition) is 16. The zero-order valence-electron chi connectivity index (χ0n) is 36.0. The van der Waals surface area contributed by atoms with Crippen LogP contribution in [0.3, 0.4) is 0 Å². The molecule has 4 aromatic carbocycles. The first-order valence-corrected chi connectivity index (χ1v) is 19.9.